The van der Waals surface area contributed by atoms with Crippen LogP contribution in [0.5, 0.6) is 0 Å². The van der Waals surface area contributed by atoms with Gasteiger partial charge < -0.3 is 10.2 Å². The number of hydrogen-bond donors (Lipinski definition) is 2. The molecule has 0 aliphatic heterocycles. The predicted molar refractivity (Wildman–Crippen MR) is 125 cm³/mol. The molecule has 0 radical (unpaired) electrons. The summed E-state index contributed by atoms with van der Waals surface area (Å²) in [6.07, 6.45) is 20.6. The second-order valence-corrected chi connectivity index (χ2v) is 9.19. The first-order chi connectivity index (χ1) is 13.7. The predicted octanol–water partition coefficient (Wildman–Crippen LogP) is 7.90. The fraction of sp³-hybridized carbons (Fsp3) is 1.00. The molecule has 0 amide bonds. The van der Waals surface area contributed by atoms with Crippen LogP contribution in [0, 0.1) is 17.8 Å². The molecule has 2 heteroatoms. The Balaban J connectivity index is 4.91. The first-order valence-electron chi connectivity index (χ1n) is 12.9. The SMILES string of the molecule is CCCCCCCC(CCCC)C(O)C(CCCC)C(CO)CCCCCC. The van der Waals surface area contributed by atoms with Crippen LogP contribution in [0.4, 0.5) is 0 Å². The molecule has 0 heterocycles. The third-order valence-electron chi connectivity index (χ3n) is 6.69. The lowest BCUT2D eigenvalue weighted by molar-refractivity contribution is -0.00724. The zero-order valence-corrected chi connectivity index (χ0v) is 19.9. The van der Waals surface area contributed by atoms with Crippen molar-refractivity contribution in [3.05, 3.63) is 0 Å². The third-order valence-corrected chi connectivity index (χ3v) is 6.69. The van der Waals surface area contributed by atoms with Crippen molar-refractivity contribution in [2.75, 3.05) is 6.61 Å². The minimum atomic E-state index is -0.229. The summed E-state index contributed by atoms with van der Waals surface area (Å²) < 4.78 is 0. The maximum atomic E-state index is 11.4. The quantitative estimate of drug-likeness (QED) is 0.193. The standard InChI is InChI=1S/C26H54O2/c1-5-9-13-15-17-19-23(18-11-7-3)26(28)25(21-12-8-4)24(22-27)20-16-14-10-6-2/h23-28H,5-22H2,1-4H3. The van der Waals surface area contributed by atoms with Gasteiger partial charge in [0.05, 0.1) is 6.10 Å². The summed E-state index contributed by atoms with van der Waals surface area (Å²) in [5.74, 6) is 0.986. The van der Waals surface area contributed by atoms with E-state index in [1.165, 1.54) is 89.9 Å². The van der Waals surface area contributed by atoms with E-state index in [4.69, 9.17) is 0 Å². The van der Waals surface area contributed by atoms with Crippen molar-refractivity contribution in [1.29, 1.82) is 0 Å². The van der Waals surface area contributed by atoms with E-state index in [0.717, 1.165) is 19.3 Å². The van der Waals surface area contributed by atoms with Gasteiger partial charge in [0, 0.05) is 6.61 Å². The van der Waals surface area contributed by atoms with E-state index in [1.54, 1.807) is 0 Å². The second kappa shape index (κ2) is 20.2. The summed E-state index contributed by atoms with van der Waals surface area (Å²) in [6, 6.07) is 0. The van der Waals surface area contributed by atoms with Crippen molar-refractivity contribution in [3.8, 4) is 0 Å². The summed E-state index contributed by atoms with van der Waals surface area (Å²) >= 11 is 0. The molecule has 0 aliphatic rings. The summed E-state index contributed by atoms with van der Waals surface area (Å²) in [7, 11) is 0. The Labute approximate surface area is 177 Å². The highest BCUT2D eigenvalue weighted by Crippen LogP contribution is 2.34. The summed E-state index contributed by atoms with van der Waals surface area (Å²) in [5, 5.41) is 21.5. The Bertz CT molecular complexity index is 305. The van der Waals surface area contributed by atoms with Crippen LogP contribution in [0.2, 0.25) is 0 Å². The fourth-order valence-corrected chi connectivity index (χ4v) is 4.71. The largest absolute Gasteiger partial charge is 0.396 e. The van der Waals surface area contributed by atoms with Gasteiger partial charge in [0.25, 0.3) is 0 Å². The van der Waals surface area contributed by atoms with Gasteiger partial charge in [-0.25, -0.2) is 0 Å². The monoisotopic (exact) mass is 398 g/mol. The number of hydrogen-bond acceptors (Lipinski definition) is 2. The van der Waals surface area contributed by atoms with Crippen LogP contribution in [-0.4, -0.2) is 22.9 Å². The summed E-state index contributed by atoms with van der Waals surface area (Å²) in [4.78, 5) is 0. The number of unbranched alkanes of at least 4 members (excludes halogenated alkanes) is 9. The van der Waals surface area contributed by atoms with Crippen LogP contribution in [0.3, 0.4) is 0 Å². The molecule has 0 spiro atoms. The van der Waals surface area contributed by atoms with Gasteiger partial charge in [0.1, 0.15) is 0 Å². The third kappa shape index (κ3) is 13.2. The van der Waals surface area contributed by atoms with Crippen LogP contribution < -0.4 is 0 Å². The van der Waals surface area contributed by atoms with E-state index in [-0.39, 0.29) is 24.5 Å². The molecule has 0 aromatic heterocycles. The highest BCUT2D eigenvalue weighted by Gasteiger charge is 2.32. The lowest BCUT2D eigenvalue weighted by Crippen LogP contribution is -2.36. The van der Waals surface area contributed by atoms with Crippen molar-refractivity contribution in [3.63, 3.8) is 0 Å². The Morgan fingerprint density at radius 2 is 0.929 bits per heavy atom. The maximum Gasteiger partial charge on any atom is 0.0600 e. The van der Waals surface area contributed by atoms with Crippen molar-refractivity contribution in [1.82, 2.24) is 0 Å². The minimum absolute atomic E-state index is 0.229. The first-order valence-corrected chi connectivity index (χ1v) is 12.9. The van der Waals surface area contributed by atoms with Gasteiger partial charge in [-0.3, -0.25) is 0 Å². The van der Waals surface area contributed by atoms with E-state index < -0.39 is 0 Å². The fourth-order valence-electron chi connectivity index (χ4n) is 4.71. The molecule has 0 aromatic rings. The topological polar surface area (TPSA) is 40.5 Å². The summed E-state index contributed by atoms with van der Waals surface area (Å²) in [5.41, 5.74) is 0. The van der Waals surface area contributed by atoms with Gasteiger partial charge in [-0.2, -0.15) is 0 Å². The Hall–Kier alpha value is -0.0800. The van der Waals surface area contributed by atoms with E-state index >= 15 is 0 Å². The van der Waals surface area contributed by atoms with Gasteiger partial charge in [-0.1, -0.05) is 111 Å². The highest BCUT2D eigenvalue weighted by atomic mass is 16.3. The minimum Gasteiger partial charge on any atom is -0.396 e. The normalized spacial score (nSPS) is 16.1. The van der Waals surface area contributed by atoms with Crippen molar-refractivity contribution < 1.29 is 10.2 Å². The molecule has 2 nitrogen and oxygen atoms in total. The molecule has 0 saturated heterocycles. The van der Waals surface area contributed by atoms with E-state index in [9.17, 15) is 10.2 Å². The first kappa shape index (κ1) is 27.9. The Kier molecular flexibility index (Phi) is 20.1. The Morgan fingerprint density at radius 3 is 1.46 bits per heavy atom. The number of rotatable bonds is 21. The van der Waals surface area contributed by atoms with E-state index in [0.29, 0.717) is 5.92 Å². The Morgan fingerprint density at radius 1 is 0.500 bits per heavy atom. The second-order valence-electron chi connectivity index (χ2n) is 9.19. The molecular formula is C26H54O2. The van der Waals surface area contributed by atoms with E-state index in [1.807, 2.05) is 0 Å². The molecule has 4 unspecified atom stereocenters. The van der Waals surface area contributed by atoms with Gasteiger partial charge in [0.2, 0.25) is 0 Å². The zero-order chi connectivity index (χ0) is 21.0. The number of aliphatic hydroxyl groups excluding tert-OH is 2. The van der Waals surface area contributed by atoms with Crippen LogP contribution in [0.25, 0.3) is 0 Å². The highest BCUT2D eigenvalue weighted by molar-refractivity contribution is 4.82. The van der Waals surface area contributed by atoms with Crippen molar-refractivity contribution in [2.45, 2.75) is 143 Å². The van der Waals surface area contributed by atoms with Crippen LogP contribution in [0.15, 0.2) is 0 Å². The van der Waals surface area contributed by atoms with Gasteiger partial charge in [-0.15, -0.1) is 0 Å². The van der Waals surface area contributed by atoms with E-state index in [2.05, 4.69) is 27.7 Å². The zero-order valence-electron chi connectivity index (χ0n) is 19.9. The maximum absolute atomic E-state index is 11.4. The smallest absolute Gasteiger partial charge is 0.0600 e. The molecule has 2 N–H and O–H groups in total. The molecule has 0 saturated carbocycles. The molecular weight excluding hydrogens is 344 g/mol. The molecule has 0 bridgehead atoms. The average molecular weight is 399 g/mol. The average Bonchev–Trinajstić information content (AvgIpc) is 2.71. The van der Waals surface area contributed by atoms with Crippen LogP contribution in [0.1, 0.15) is 137 Å². The van der Waals surface area contributed by atoms with Gasteiger partial charge in [-0.05, 0) is 43.4 Å². The molecule has 28 heavy (non-hydrogen) atoms. The molecule has 4 atom stereocenters. The summed E-state index contributed by atoms with van der Waals surface area (Å²) in [6.45, 7) is 9.25. The molecule has 0 aliphatic carbocycles. The van der Waals surface area contributed by atoms with Crippen LogP contribution in [-0.2, 0) is 0 Å². The van der Waals surface area contributed by atoms with Gasteiger partial charge >= 0.3 is 0 Å². The van der Waals surface area contributed by atoms with Gasteiger partial charge in [0.15, 0.2) is 0 Å². The van der Waals surface area contributed by atoms with Crippen LogP contribution >= 0.6 is 0 Å². The lowest BCUT2D eigenvalue weighted by Gasteiger charge is -2.35. The molecule has 0 aromatic carbocycles. The molecule has 0 rings (SSSR count). The molecule has 0 fully saturated rings. The number of aliphatic hydroxyl groups is 2. The van der Waals surface area contributed by atoms with Crippen molar-refractivity contribution >= 4 is 0 Å². The molecule has 170 valence electrons. The van der Waals surface area contributed by atoms with Crippen molar-refractivity contribution in [2.24, 2.45) is 17.8 Å². The lowest BCUT2D eigenvalue weighted by atomic mass is 9.74.